The normalized spacial score (nSPS) is 11.6. The van der Waals surface area contributed by atoms with Gasteiger partial charge >= 0.3 is 0 Å². The molecule has 4 heterocycles. The fourth-order valence-electron chi connectivity index (χ4n) is 2.28. The van der Waals surface area contributed by atoms with Crippen LogP contribution >= 0.6 is 22.7 Å². The summed E-state index contributed by atoms with van der Waals surface area (Å²) in [6, 6.07) is 2.18. The molecule has 6 nitrogen and oxygen atoms in total. The van der Waals surface area contributed by atoms with E-state index in [1.54, 1.807) is 22.7 Å². The van der Waals surface area contributed by atoms with Gasteiger partial charge in [-0.05, 0) is 32.4 Å². The molecule has 0 amide bonds. The summed E-state index contributed by atoms with van der Waals surface area (Å²) in [5.74, 6) is 0.744. The summed E-state index contributed by atoms with van der Waals surface area (Å²) in [5.41, 5.74) is 3.31. The van der Waals surface area contributed by atoms with Crippen molar-refractivity contribution >= 4 is 27.6 Å². The Morgan fingerprint density at radius 1 is 1.09 bits per heavy atom. The first kappa shape index (κ1) is 13.6. The summed E-state index contributed by atoms with van der Waals surface area (Å²) in [5, 5.41) is 18.5. The van der Waals surface area contributed by atoms with Gasteiger partial charge in [-0.3, -0.25) is 4.68 Å². The fourth-order valence-corrected chi connectivity index (χ4v) is 4.20. The number of thiophene rings is 1. The van der Waals surface area contributed by atoms with Crippen molar-refractivity contribution in [1.29, 1.82) is 0 Å². The molecular formula is C14H14N6S2. The van der Waals surface area contributed by atoms with Crippen LogP contribution in [0.15, 0.2) is 12.3 Å². The molecule has 0 unspecified atom stereocenters. The molecule has 4 aromatic rings. The van der Waals surface area contributed by atoms with E-state index < -0.39 is 0 Å². The predicted octanol–water partition coefficient (Wildman–Crippen LogP) is 3.24. The average Bonchev–Trinajstić information content (AvgIpc) is 3.19. The monoisotopic (exact) mass is 330 g/mol. The zero-order chi connectivity index (χ0) is 15.4. The Labute approximate surface area is 135 Å². The number of aromatic nitrogens is 6. The third kappa shape index (κ3) is 1.91. The van der Waals surface area contributed by atoms with Crippen LogP contribution in [0.3, 0.4) is 0 Å². The van der Waals surface area contributed by atoms with Gasteiger partial charge in [0.1, 0.15) is 0 Å². The van der Waals surface area contributed by atoms with Crippen LogP contribution in [0.2, 0.25) is 0 Å². The molecule has 0 bridgehead atoms. The zero-order valence-corrected chi connectivity index (χ0v) is 14.3. The zero-order valence-electron chi connectivity index (χ0n) is 12.7. The van der Waals surface area contributed by atoms with Crippen molar-refractivity contribution in [3.8, 4) is 21.3 Å². The van der Waals surface area contributed by atoms with Crippen LogP contribution in [0, 0.1) is 20.8 Å². The van der Waals surface area contributed by atoms with Crippen LogP contribution in [-0.2, 0) is 7.05 Å². The van der Waals surface area contributed by atoms with Crippen molar-refractivity contribution in [3.05, 3.63) is 28.4 Å². The first-order valence-electron chi connectivity index (χ1n) is 6.83. The molecule has 8 heteroatoms. The molecule has 112 valence electrons. The van der Waals surface area contributed by atoms with Gasteiger partial charge in [0, 0.05) is 17.6 Å². The first-order chi connectivity index (χ1) is 10.5. The molecule has 4 aromatic heterocycles. The number of hydrogen-bond acceptors (Lipinski definition) is 6. The van der Waals surface area contributed by atoms with Crippen molar-refractivity contribution in [2.24, 2.45) is 7.05 Å². The minimum absolute atomic E-state index is 0.744. The third-order valence-electron chi connectivity index (χ3n) is 3.84. The molecule has 0 saturated heterocycles. The molecule has 0 aromatic carbocycles. The standard InChI is InChI=1S/C14H14N6S2/c1-7-5-11(21-9(7)3)13-18-20-12(16-17-14(20)22-13)10-6-15-19(4)8(10)2/h5-6H,1-4H3. The van der Waals surface area contributed by atoms with Crippen molar-refractivity contribution in [2.45, 2.75) is 20.8 Å². The van der Waals surface area contributed by atoms with Crippen LogP contribution in [0.1, 0.15) is 16.1 Å². The molecule has 0 aliphatic rings. The van der Waals surface area contributed by atoms with E-state index in [0.717, 1.165) is 27.1 Å². The van der Waals surface area contributed by atoms with Gasteiger partial charge in [-0.25, -0.2) is 0 Å². The molecular weight excluding hydrogens is 316 g/mol. The molecule has 0 N–H and O–H groups in total. The summed E-state index contributed by atoms with van der Waals surface area (Å²) >= 11 is 3.33. The van der Waals surface area contributed by atoms with Gasteiger partial charge in [-0.2, -0.15) is 14.7 Å². The number of rotatable bonds is 2. The molecule has 0 fully saturated rings. The molecule has 0 saturated carbocycles. The Morgan fingerprint density at radius 2 is 1.91 bits per heavy atom. The van der Waals surface area contributed by atoms with E-state index in [4.69, 9.17) is 5.10 Å². The van der Waals surface area contributed by atoms with E-state index in [-0.39, 0.29) is 0 Å². The van der Waals surface area contributed by atoms with Crippen LogP contribution in [0.5, 0.6) is 0 Å². The number of aryl methyl sites for hydroxylation is 3. The number of hydrogen-bond donors (Lipinski definition) is 0. The van der Waals surface area contributed by atoms with E-state index in [1.807, 2.05) is 29.4 Å². The Hall–Kier alpha value is -2.06. The summed E-state index contributed by atoms with van der Waals surface area (Å²) in [4.78, 5) is 3.31. The molecule has 0 radical (unpaired) electrons. The Balaban J connectivity index is 1.87. The quantitative estimate of drug-likeness (QED) is 0.566. The van der Waals surface area contributed by atoms with Crippen LogP contribution in [0.25, 0.3) is 26.2 Å². The topological polar surface area (TPSA) is 60.9 Å². The maximum atomic E-state index is 4.71. The Kier molecular flexibility index (Phi) is 2.92. The second-order valence-corrected chi connectivity index (χ2v) is 7.45. The van der Waals surface area contributed by atoms with E-state index in [2.05, 4.69) is 35.2 Å². The molecule has 0 aliphatic heterocycles. The molecule has 0 spiro atoms. The lowest BCUT2D eigenvalue weighted by Crippen LogP contribution is -1.95. The summed E-state index contributed by atoms with van der Waals surface area (Å²) in [6.07, 6.45) is 1.81. The highest BCUT2D eigenvalue weighted by molar-refractivity contribution is 7.24. The minimum atomic E-state index is 0.744. The van der Waals surface area contributed by atoms with Crippen LogP contribution in [-0.4, -0.2) is 29.6 Å². The molecule has 0 aliphatic carbocycles. The van der Waals surface area contributed by atoms with Crippen molar-refractivity contribution in [2.75, 3.05) is 0 Å². The summed E-state index contributed by atoms with van der Waals surface area (Å²) in [7, 11) is 1.92. The van der Waals surface area contributed by atoms with Crippen LogP contribution < -0.4 is 0 Å². The summed E-state index contributed by atoms with van der Waals surface area (Å²) in [6.45, 7) is 6.27. The Morgan fingerprint density at radius 3 is 2.55 bits per heavy atom. The molecule has 22 heavy (non-hydrogen) atoms. The highest BCUT2D eigenvalue weighted by Gasteiger charge is 2.18. The highest BCUT2D eigenvalue weighted by Crippen LogP contribution is 2.34. The molecule has 0 atom stereocenters. The lowest BCUT2D eigenvalue weighted by molar-refractivity contribution is 0.740. The number of nitrogens with zero attached hydrogens (tertiary/aromatic N) is 6. The van der Waals surface area contributed by atoms with Gasteiger partial charge in [-0.15, -0.1) is 21.5 Å². The van der Waals surface area contributed by atoms with Crippen molar-refractivity contribution in [3.63, 3.8) is 0 Å². The summed E-state index contributed by atoms with van der Waals surface area (Å²) < 4.78 is 3.64. The third-order valence-corrected chi connectivity index (χ3v) is 6.06. The second kappa shape index (κ2) is 4.72. The highest BCUT2D eigenvalue weighted by atomic mass is 32.1. The first-order valence-corrected chi connectivity index (χ1v) is 8.46. The maximum Gasteiger partial charge on any atom is 0.235 e. The van der Waals surface area contributed by atoms with Gasteiger partial charge in [0.15, 0.2) is 10.8 Å². The van der Waals surface area contributed by atoms with Crippen molar-refractivity contribution < 1.29 is 0 Å². The van der Waals surface area contributed by atoms with Gasteiger partial charge in [-0.1, -0.05) is 11.3 Å². The second-order valence-electron chi connectivity index (χ2n) is 5.24. The lowest BCUT2D eigenvalue weighted by atomic mass is 10.2. The predicted molar refractivity (Wildman–Crippen MR) is 88.4 cm³/mol. The lowest BCUT2D eigenvalue weighted by Gasteiger charge is -1.96. The SMILES string of the molecule is Cc1cc(-c2nn3c(-c4cnn(C)c4C)nnc3s2)sc1C. The van der Waals surface area contributed by atoms with E-state index >= 15 is 0 Å². The van der Waals surface area contributed by atoms with Gasteiger partial charge in [0.05, 0.1) is 16.6 Å². The van der Waals surface area contributed by atoms with Gasteiger partial charge in [0.25, 0.3) is 0 Å². The maximum absolute atomic E-state index is 4.71. The average molecular weight is 330 g/mol. The minimum Gasteiger partial charge on any atom is -0.272 e. The molecule has 4 rings (SSSR count). The number of fused-ring (bicyclic) bond motifs is 1. The van der Waals surface area contributed by atoms with E-state index in [1.165, 1.54) is 15.3 Å². The van der Waals surface area contributed by atoms with Crippen LogP contribution in [0.4, 0.5) is 0 Å². The van der Waals surface area contributed by atoms with E-state index in [0.29, 0.717) is 0 Å². The van der Waals surface area contributed by atoms with Crippen molar-refractivity contribution in [1.82, 2.24) is 29.6 Å². The fraction of sp³-hybridized carbons (Fsp3) is 0.286. The van der Waals surface area contributed by atoms with Gasteiger partial charge in [0.2, 0.25) is 4.96 Å². The Bertz CT molecular complexity index is 967. The largest absolute Gasteiger partial charge is 0.272 e. The van der Waals surface area contributed by atoms with Gasteiger partial charge < -0.3 is 0 Å². The smallest absolute Gasteiger partial charge is 0.235 e. The van der Waals surface area contributed by atoms with E-state index in [9.17, 15) is 0 Å².